The quantitative estimate of drug-likeness (QED) is 0.216. The highest BCUT2D eigenvalue weighted by molar-refractivity contribution is 8.09. The third-order valence-corrected chi connectivity index (χ3v) is 4.53. The van der Waals surface area contributed by atoms with Crippen LogP contribution in [0.3, 0.4) is 0 Å². The van der Waals surface area contributed by atoms with E-state index in [0.717, 1.165) is 18.3 Å². The van der Waals surface area contributed by atoms with Gasteiger partial charge >= 0.3 is 25.7 Å². The number of rotatable bonds is 10. The first kappa shape index (κ1) is 32.6. The molecule has 0 saturated carbocycles. The Bertz CT molecular complexity index is 1060. The van der Waals surface area contributed by atoms with Gasteiger partial charge in [0.15, 0.2) is 0 Å². The number of hydrogen-bond donors (Lipinski definition) is 4. The van der Waals surface area contributed by atoms with E-state index >= 15 is 0 Å². The molecule has 2 rings (SSSR count). The lowest BCUT2D eigenvalue weighted by atomic mass is 10.0. The summed E-state index contributed by atoms with van der Waals surface area (Å²) >= 11 is 0. The Hall–Kier alpha value is -2.38. The van der Waals surface area contributed by atoms with E-state index in [1.54, 1.807) is 0 Å². The molecule has 0 saturated heterocycles. The van der Waals surface area contributed by atoms with Crippen LogP contribution >= 0.6 is 10.7 Å². The standard InChI is InChI=1S/C20H28N2.C2H4O5S.ClHO3S/c1-3-5-10-17(9-4-2)21-19-13-15-20(16-14-19)22-18-11-7-6-8-12-18;1-2(3)7-8(4,5)6;1-5(2,3)4/h6-8,11-17,21-22H,3-5,9-10H2,1-2H3;1H3,(H,4,5,6);(H,2,3,4). The van der Waals surface area contributed by atoms with Gasteiger partial charge in [0.05, 0.1) is 0 Å². The molecule has 4 N–H and O–H groups in total. The molecule has 0 aromatic heterocycles. The Labute approximate surface area is 212 Å². The van der Waals surface area contributed by atoms with E-state index in [1.165, 1.54) is 37.8 Å². The minimum atomic E-state index is -4.57. The van der Waals surface area contributed by atoms with Crippen molar-refractivity contribution in [3.8, 4) is 0 Å². The fraction of sp³-hybridized carbons (Fsp3) is 0.409. The van der Waals surface area contributed by atoms with Crippen LogP contribution in [0, 0.1) is 0 Å². The summed E-state index contributed by atoms with van der Waals surface area (Å²) in [6.07, 6.45) is 6.29. The molecule has 0 bridgehead atoms. The zero-order valence-electron chi connectivity index (χ0n) is 19.8. The van der Waals surface area contributed by atoms with Gasteiger partial charge in [0.2, 0.25) is 0 Å². The van der Waals surface area contributed by atoms with Crippen molar-refractivity contribution in [1.82, 2.24) is 0 Å². The molecule has 2 aromatic rings. The van der Waals surface area contributed by atoms with Crippen LogP contribution in [-0.4, -0.2) is 38.0 Å². The normalized spacial score (nSPS) is 11.6. The van der Waals surface area contributed by atoms with Gasteiger partial charge in [-0.25, -0.2) is 0 Å². The fourth-order valence-electron chi connectivity index (χ4n) is 2.81. The van der Waals surface area contributed by atoms with Crippen molar-refractivity contribution >= 4 is 53.4 Å². The number of benzene rings is 2. The highest BCUT2D eigenvalue weighted by Gasteiger charge is 2.07. The van der Waals surface area contributed by atoms with E-state index in [2.05, 4.69) is 75.7 Å². The van der Waals surface area contributed by atoms with E-state index in [9.17, 15) is 13.2 Å². The number of carbonyl (C=O) groups is 1. The summed E-state index contributed by atoms with van der Waals surface area (Å²) < 4.78 is 55.3. The van der Waals surface area contributed by atoms with Crippen molar-refractivity contribution in [2.24, 2.45) is 0 Å². The third-order valence-electron chi connectivity index (χ3n) is 4.08. The molecule has 1 atom stereocenters. The van der Waals surface area contributed by atoms with E-state index < -0.39 is 25.7 Å². The number of nitrogens with one attached hydrogen (secondary N) is 2. The summed E-state index contributed by atoms with van der Waals surface area (Å²) in [6, 6.07) is 19.5. The Morgan fingerprint density at radius 3 is 1.77 bits per heavy atom. The number of hydrogen-bond acceptors (Lipinski definition) is 8. The second-order valence-electron chi connectivity index (χ2n) is 7.26. The molecular weight excluding hydrogens is 520 g/mol. The number of carbonyl (C=O) groups excluding carboxylic acids is 1. The van der Waals surface area contributed by atoms with Crippen molar-refractivity contribution in [3.63, 3.8) is 0 Å². The van der Waals surface area contributed by atoms with E-state index in [-0.39, 0.29) is 0 Å². The van der Waals surface area contributed by atoms with Crippen LogP contribution < -0.4 is 10.6 Å². The maximum Gasteiger partial charge on any atom is 0.448 e. The van der Waals surface area contributed by atoms with Crippen LogP contribution in [0.5, 0.6) is 0 Å². The second-order valence-corrected chi connectivity index (χ2v) is 10.3. The van der Waals surface area contributed by atoms with Gasteiger partial charge in [-0.05, 0) is 49.2 Å². The molecular formula is C22H33ClN2O8S2. The largest absolute Gasteiger partial charge is 0.448 e. The van der Waals surface area contributed by atoms with Crippen LogP contribution in [0.2, 0.25) is 0 Å². The number of para-hydroxylation sites is 1. The van der Waals surface area contributed by atoms with Gasteiger partial charge in [0.1, 0.15) is 0 Å². The summed E-state index contributed by atoms with van der Waals surface area (Å²) in [5.41, 5.74) is 3.46. The molecule has 2 aromatic carbocycles. The smallest absolute Gasteiger partial charge is 0.382 e. The molecule has 0 aliphatic carbocycles. The summed E-state index contributed by atoms with van der Waals surface area (Å²) in [5, 5.41) is 7.09. The van der Waals surface area contributed by atoms with E-state index in [1.807, 2.05) is 18.2 Å². The average Bonchev–Trinajstić information content (AvgIpc) is 2.72. The van der Waals surface area contributed by atoms with Crippen LogP contribution in [-0.2, 0) is 28.7 Å². The third kappa shape index (κ3) is 21.9. The number of halogens is 1. The number of unbranched alkanes of at least 4 members (excludes halogenated alkanes) is 1. The average molecular weight is 553 g/mol. The SMILES string of the molecule is CC(=O)OS(=O)(=O)O.CCCCC(CCC)Nc1ccc(Nc2ccccc2)cc1.O=S(=O)(O)Cl. The van der Waals surface area contributed by atoms with Crippen molar-refractivity contribution in [2.45, 2.75) is 58.9 Å². The molecule has 0 aliphatic rings. The van der Waals surface area contributed by atoms with Gasteiger partial charge in [-0.3, -0.25) is 13.9 Å². The molecule has 35 heavy (non-hydrogen) atoms. The summed E-state index contributed by atoms with van der Waals surface area (Å²) in [7, 11) is -4.71. The molecule has 198 valence electrons. The minimum Gasteiger partial charge on any atom is -0.382 e. The van der Waals surface area contributed by atoms with Crippen LogP contribution in [0.25, 0.3) is 0 Å². The summed E-state index contributed by atoms with van der Waals surface area (Å²) in [5.74, 6) is -1.06. The van der Waals surface area contributed by atoms with E-state index in [0.29, 0.717) is 6.04 Å². The molecule has 0 heterocycles. The molecule has 0 amide bonds. The highest BCUT2D eigenvalue weighted by atomic mass is 35.7. The molecule has 0 fully saturated rings. The van der Waals surface area contributed by atoms with E-state index in [4.69, 9.17) is 17.5 Å². The molecule has 10 nitrogen and oxygen atoms in total. The zero-order valence-corrected chi connectivity index (χ0v) is 22.2. The van der Waals surface area contributed by atoms with Crippen LogP contribution in [0.1, 0.15) is 52.9 Å². The zero-order chi connectivity index (χ0) is 26.9. The summed E-state index contributed by atoms with van der Waals surface area (Å²) in [6.45, 7) is 5.38. The van der Waals surface area contributed by atoms with Crippen molar-refractivity contribution in [3.05, 3.63) is 54.6 Å². The van der Waals surface area contributed by atoms with Gasteiger partial charge in [-0.2, -0.15) is 16.8 Å². The van der Waals surface area contributed by atoms with Crippen molar-refractivity contribution < 1.29 is 34.9 Å². The monoisotopic (exact) mass is 552 g/mol. The molecule has 0 aliphatic heterocycles. The van der Waals surface area contributed by atoms with Crippen molar-refractivity contribution in [1.29, 1.82) is 0 Å². The Balaban J connectivity index is 0.000000735. The Kier molecular flexibility index (Phi) is 16.0. The van der Waals surface area contributed by atoms with Gasteiger partial charge in [0, 0.05) is 40.7 Å². The maximum atomic E-state index is 9.70. The van der Waals surface area contributed by atoms with Crippen LogP contribution in [0.15, 0.2) is 54.6 Å². The lowest BCUT2D eigenvalue weighted by Crippen LogP contribution is -2.19. The van der Waals surface area contributed by atoms with Gasteiger partial charge < -0.3 is 14.8 Å². The molecule has 0 radical (unpaired) electrons. The summed E-state index contributed by atoms with van der Waals surface area (Å²) in [4.78, 5) is 9.70. The first-order valence-corrected chi connectivity index (χ1v) is 14.4. The fourth-order valence-corrected chi connectivity index (χ4v) is 3.11. The lowest BCUT2D eigenvalue weighted by Gasteiger charge is -2.19. The first-order chi connectivity index (χ1) is 16.2. The number of anilines is 3. The Morgan fingerprint density at radius 2 is 1.37 bits per heavy atom. The van der Waals surface area contributed by atoms with Gasteiger partial charge in [-0.15, -0.1) is 0 Å². The molecule has 1 unspecified atom stereocenters. The van der Waals surface area contributed by atoms with Gasteiger partial charge in [-0.1, -0.05) is 51.3 Å². The maximum absolute atomic E-state index is 9.70. The van der Waals surface area contributed by atoms with Gasteiger partial charge in [0.25, 0.3) is 0 Å². The Morgan fingerprint density at radius 1 is 0.886 bits per heavy atom. The molecule has 13 heteroatoms. The van der Waals surface area contributed by atoms with Crippen molar-refractivity contribution in [2.75, 3.05) is 10.6 Å². The topological polar surface area (TPSA) is 159 Å². The highest BCUT2D eigenvalue weighted by Crippen LogP contribution is 2.20. The minimum absolute atomic E-state index is 0.595. The predicted molar refractivity (Wildman–Crippen MR) is 139 cm³/mol. The molecule has 0 spiro atoms. The predicted octanol–water partition coefficient (Wildman–Crippen LogP) is 5.58. The first-order valence-electron chi connectivity index (χ1n) is 10.8. The lowest BCUT2D eigenvalue weighted by molar-refractivity contribution is -0.131. The second kappa shape index (κ2) is 17.1. The van der Waals surface area contributed by atoms with Crippen LogP contribution in [0.4, 0.5) is 17.1 Å².